The van der Waals surface area contributed by atoms with Crippen LogP contribution in [0.2, 0.25) is 0 Å². The molecule has 0 aromatic heterocycles. The van der Waals surface area contributed by atoms with E-state index in [9.17, 15) is 4.39 Å². The highest BCUT2D eigenvalue weighted by Crippen LogP contribution is 2.26. The molecule has 94 valence electrons. The fourth-order valence-electron chi connectivity index (χ4n) is 2.34. The van der Waals surface area contributed by atoms with Gasteiger partial charge in [0, 0.05) is 24.7 Å². The summed E-state index contributed by atoms with van der Waals surface area (Å²) in [5, 5.41) is 3.47. The van der Waals surface area contributed by atoms with Crippen molar-refractivity contribution in [1.82, 2.24) is 5.32 Å². The largest absolute Gasteiger partial charge is 0.363 e. The fraction of sp³-hybridized carbons (Fsp3) is 0.571. The van der Waals surface area contributed by atoms with Gasteiger partial charge in [0.1, 0.15) is 5.82 Å². The van der Waals surface area contributed by atoms with Crippen molar-refractivity contribution in [1.29, 1.82) is 0 Å². The molecule has 2 rings (SSSR count). The lowest BCUT2D eigenvalue weighted by molar-refractivity contribution is 0.316. The molecule has 1 heterocycles. The molecule has 0 aliphatic carbocycles. The van der Waals surface area contributed by atoms with Crippen LogP contribution >= 0.6 is 0 Å². The molecule has 1 aliphatic rings. The molecule has 1 N–H and O–H groups in total. The highest BCUT2D eigenvalue weighted by Gasteiger charge is 2.31. The smallest absolute Gasteiger partial charge is 0.146 e. The van der Waals surface area contributed by atoms with Gasteiger partial charge in [0.25, 0.3) is 0 Å². The van der Waals surface area contributed by atoms with Crippen LogP contribution in [0.4, 0.5) is 10.1 Å². The minimum Gasteiger partial charge on any atom is -0.363 e. The van der Waals surface area contributed by atoms with Crippen LogP contribution in [0.1, 0.15) is 26.3 Å². The van der Waals surface area contributed by atoms with Crippen LogP contribution in [0, 0.1) is 12.7 Å². The first-order chi connectivity index (χ1) is 7.89. The zero-order valence-electron chi connectivity index (χ0n) is 11.0. The molecule has 17 heavy (non-hydrogen) atoms. The molecule has 0 radical (unpaired) electrons. The minimum absolute atomic E-state index is 0.0316. The summed E-state index contributed by atoms with van der Waals surface area (Å²) in [6.45, 7) is 10.1. The Labute approximate surface area is 103 Å². The first-order valence-corrected chi connectivity index (χ1v) is 6.17. The van der Waals surface area contributed by atoms with E-state index in [1.54, 1.807) is 6.07 Å². The number of hydrogen-bond donors (Lipinski definition) is 1. The van der Waals surface area contributed by atoms with Crippen molar-refractivity contribution in [2.75, 3.05) is 18.0 Å². The SMILES string of the molecule is Cc1ccc(N2CC(C)(C)NCC2C)c(F)c1. The van der Waals surface area contributed by atoms with Crippen LogP contribution in [0.5, 0.6) is 0 Å². The Morgan fingerprint density at radius 2 is 2.12 bits per heavy atom. The van der Waals surface area contributed by atoms with E-state index >= 15 is 0 Å². The summed E-state index contributed by atoms with van der Waals surface area (Å²) in [7, 11) is 0. The highest BCUT2D eigenvalue weighted by molar-refractivity contribution is 5.51. The van der Waals surface area contributed by atoms with Gasteiger partial charge < -0.3 is 10.2 Å². The lowest BCUT2D eigenvalue weighted by Gasteiger charge is -2.44. The molecule has 0 bridgehead atoms. The van der Waals surface area contributed by atoms with E-state index in [1.165, 1.54) is 0 Å². The van der Waals surface area contributed by atoms with E-state index < -0.39 is 0 Å². The summed E-state index contributed by atoms with van der Waals surface area (Å²) in [5.41, 5.74) is 1.72. The standard InChI is InChI=1S/C14H21FN2/c1-10-5-6-13(12(15)7-10)17-9-14(3,4)16-8-11(17)2/h5-7,11,16H,8-9H2,1-4H3. The third kappa shape index (κ3) is 2.60. The maximum absolute atomic E-state index is 14.0. The maximum Gasteiger partial charge on any atom is 0.146 e. The van der Waals surface area contributed by atoms with Crippen LogP contribution in [-0.2, 0) is 0 Å². The van der Waals surface area contributed by atoms with Crippen molar-refractivity contribution >= 4 is 5.69 Å². The summed E-state index contributed by atoms with van der Waals surface area (Å²) in [6.07, 6.45) is 0. The van der Waals surface area contributed by atoms with E-state index in [4.69, 9.17) is 0 Å². The minimum atomic E-state index is -0.116. The first-order valence-electron chi connectivity index (χ1n) is 6.17. The van der Waals surface area contributed by atoms with Crippen LogP contribution in [0.15, 0.2) is 18.2 Å². The van der Waals surface area contributed by atoms with Gasteiger partial charge in [0.15, 0.2) is 0 Å². The number of nitrogens with zero attached hydrogens (tertiary/aromatic N) is 1. The number of rotatable bonds is 1. The van der Waals surface area contributed by atoms with E-state index in [-0.39, 0.29) is 11.4 Å². The van der Waals surface area contributed by atoms with Gasteiger partial charge in [0.05, 0.1) is 5.69 Å². The first kappa shape index (κ1) is 12.4. The van der Waals surface area contributed by atoms with Crippen LogP contribution in [0.25, 0.3) is 0 Å². The van der Waals surface area contributed by atoms with Gasteiger partial charge in [-0.1, -0.05) is 6.07 Å². The third-order valence-electron chi connectivity index (χ3n) is 3.39. The molecule has 0 spiro atoms. The van der Waals surface area contributed by atoms with Gasteiger partial charge in [-0.15, -0.1) is 0 Å². The molecule has 1 saturated heterocycles. The number of halogens is 1. The predicted molar refractivity (Wildman–Crippen MR) is 70.0 cm³/mol. The van der Waals surface area contributed by atoms with E-state index in [0.717, 1.165) is 24.3 Å². The fourth-order valence-corrected chi connectivity index (χ4v) is 2.34. The second-order valence-corrected chi connectivity index (χ2v) is 5.70. The number of piperazine rings is 1. The molecule has 1 aliphatic heterocycles. The van der Waals surface area contributed by atoms with Crippen molar-refractivity contribution in [2.24, 2.45) is 0 Å². The highest BCUT2D eigenvalue weighted by atomic mass is 19.1. The lowest BCUT2D eigenvalue weighted by atomic mass is 9.98. The summed E-state index contributed by atoms with van der Waals surface area (Å²) < 4.78 is 14.0. The molecule has 3 heteroatoms. The average Bonchev–Trinajstić information content (AvgIpc) is 2.22. The quantitative estimate of drug-likeness (QED) is 0.806. The summed E-state index contributed by atoms with van der Waals surface area (Å²) in [5.74, 6) is -0.116. The number of anilines is 1. The molecule has 0 amide bonds. The summed E-state index contributed by atoms with van der Waals surface area (Å²) in [6, 6.07) is 5.79. The third-order valence-corrected chi connectivity index (χ3v) is 3.39. The molecule has 1 aromatic carbocycles. The van der Waals surface area contributed by atoms with Crippen LogP contribution in [-0.4, -0.2) is 24.7 Å². The van der Waals surface area contributed by atoms with Crippen molar-refractivity contribution < 1.29 is 4.39 Å². The summed E-state index contributed by atoms with van der Waals surface area (Å²) >= 11 is 0. The Bertz CT molecular complexity index is 415. The van der Waals surface area contributed by atoms with Gasteiger partial charge in [-0.25, -0.2) is 4.39 Å². The molecule has 1 unspecified atom stereocenters. The Kier molecular flexibility index (Phi) is 3.13. The topological polar surface area (TPSA) is 15.3 Å². The molecule has 0 saturated carbocycles. The predicted octanol–water partition coefficient (Wildman–Crippen LogP) is 2.71. The van der Waals surface area contributed by atoms with Gasteiger partial charge in [-0.05, 0) is 45.4 Å². The monoisotopic (exact) mass is 236 g/mol. The number of aryl methyl sites for hydroxylation is 1. The zero-order valence-corrected chi connectivity index (χ0v) is 11.0. The molecule has 1 fully saturated rings. The second kappa shape index (κ2) is 4.30. The van der Waals surface area contributed by atoms with E-state index in [2.05, 4.69) is 31.0 Å². The molecular weight excluding hydrogens is 215 g/mol. The molecular formula is C14H21FN2. The summed E-state index contributed by atoms with van der Waals surface area (Å²) in [4.78, 5) is 2.16. The molecule has 1 aromatic rings. The second-order valence-electron chi connectivity index (χ2n) is 5.70. The van der Waals surface area contributed by atoms with Gasteiger partial charge in [-0.3, -0.25) is 0 Å². The Balaban J connectivity index is 2.31. The van der Waals surface area contributed by atoms with Crippen molar-refractivity contribution in [2.45, 2.75) is 39.3 Å². The number of hydrogen-bond acceptors (Lipinski definition) is 2. The number of benzene rings is 1. The average molecular weight is 236 g/mol. The number of nitrogens with one attached hydrogen (secondary N) is 1. The lowest BCUT2D eigenvalue weighted by Crippen LogP contribution is -2.61. The van der Waals surface area contributed by atoms with Crippen molar-refractivity contribution in [3.8, 4) is 0 Å². The van der Waals surface area contributed by atoms with Gasteiger partial charge in [-0.2, -0.15) is 0 Å². The van der Waals surface area contributed by atoms with Crippen molar-refractivity contribution in [3.05, 3.63) is 29.6 Å². The molecule has 2 nitrogen and oxygen atoms in total. The molecule has 1 atom stereocenters. The van der Waals surface area contributed by atoms with Gasteiger partial charge >= 0.3 is 0 Å². The van der Waals surface area contributed by atoms with Gasteiger partial charge in [0.2, 0.25) is 0 Å². The van der Waals surface area contributed by atoms with Crippen molar-refractivity contribution in [3.63, 3.8) is 0 Å². The van der Waals surface area contributed by atoms with E-state index in [1.807, 2.05) is 19.1 Å². The zero-order chi connectivity index (χ0) is 12.6. The van der Waals surface area contributed by atoms with Crippen LogP contribution in [0.3, 0.4) is 0 Å². The van der Waals surface area contributed by atoms with E-state index in [0.29, 0.717) is 6.04 Å². The maximum atomic E-state index is 14.0. The normalized spacial score (nSPS) is 23.8. The van der Waals surface area contributed by atoms with Crippen LogP contribution < -0.4 is 10.2 Å². The Morgan fingerprint density at radius 1 is 1.41 bits per heavy atom. The Hall–Kier alpha value is -1.09. The Morgan fingerprint density at radius 3 is 2.76 bits per heavy atom.